The van der Waals surface area contributed by atoms with Crippen LogP contribution in [0.1, 0.15) is 17.5 Å². The number of hydrogen-bond acceptors (Lipinski definition) is 3. The number of rotatable bonds is 4. The Hall–Kier alpha value is -0.900. The molecule has 3 heteroatoms. The Morgan fingerprint density at radius 1 is 1.40 bits per heavy atom. The lowest BCUT2D eigenvalue weighted by atomic mass is 10.1. The quantitative estimate of drug-likeness (QED) is 0.812. The second kappa shape index (κ2) is 5.26. The number of ether oxygens (including phenoxy) is 2. The van der Waals surface area contributed by atoms with Crippen LogP contribution in [0.2, 0.25) is 0 Å². The Morgan fingerprint density at radius 3 is 3.00 bits per heavy atom. The lowest BCUT2D eigenvalue weighted by Crippen LogP contribution is -2.12. The third kappa shape index (κ3) is 3.02. The molecule has 1 aliphatic heterocycles. The van der Waals surface area contributed by atoms with Crippen LogP contribution >= 0.6 is 0 Å². The van der Waals surface area contributed by atoms with E-state index in [4.69, 9.17) is 15.2 Å². The summed E-state index contributed by atoms with van der Waals surface area (Å²) in [7, 11) is 0. The summed E-state index contributed by atoms with van der Waals surface area (Å²) in [5.41, 5.74) is 7.91. The average molecular weight is 207 g/mol. The minimum absolute atomic E-state index is 0.270. The van der Waals surface area contributed by atoms with Crippen LogP contribution < -0.4 is 5.73 Å². The molecular weight excluding hydrogens is 190 g/mol. The van der Waals surface area contributed by atoms with E-state index >= 15 is 0 Å². The van der Waals surface area contributed by atoms with E-state index in [0.29, 0.717) is 13.2 Å². The Morgan fingerprint density at radius 2 is 2.27 bits per heavy atom. The van der Waals surface area contributed by atoms with Crippen LogP contribution in [0.4, 0.5) is 0 Å². The Kier molecular flexibility index (Phi) is 3.72. The van der Waals surface area contributed by atoms with E-state index in [1.54, 1.807) is 0 Å². The van der Waals surface area contributed by atoms with Gasteiger partial charge in [0.25, 0.3) is 0 Å². The van der Waals surface area contributed by atoms with Gasteiger partial charge in [-0.25, -0.2) is 0 Å². The van der Waals surface area contributed by atoms with Crippen molar-refractivity contribution in [2.45, 2.75) is 25.7 Å². The highest BCUT2D eigenvalue weighted by atomic mass is 16.5. The van der Waals surface area contributed by atoms with Gasteiger partial charge < -0.3 is 15.2 Å². The van der Waals surface area contributed by atoms with Gasteiger partial charge >= 0.3 is 0 Å². The molecule has 1 aromatic carbocycles. The molecule has 1 aliphatic rings. The van der Waals surface area contributed by atoms with Gasteiger partial charge in [0.15, 0.2) is 0 Å². The summed E-state index contributed by atoms with van der Waals surface area (Å²) in [5, 5.41) is 0. The first-order chi connectivity index (χ1) is 7.38. The molecule has 0 bridgehead atoms. The van der Waals surface area contributed by atoms with Gasteiger partial charge in [0.2, 0.25) is 0 Å². The molecule has 0 aromatic heterocycles. The van der Waals surface area contributed by atoms with E-state index in [9.17, 15) is 0 Å². The summed E-state index contributed by atoms with van der Waals surface area (Å²) in [4.78, 5) is 0. The number of nitrogens with two attached hydrogens (primary N) is 1. The first-order valence-electron chi connectivity index (χ1n) is 5.35. The maximum Gasteiger partial charge on any atom is 0.0834 e. The van der Waals surface area contributed by atoms with Crippen LogP contribution in [-0.2, 0) is 22.6 Å². The molecule has 1 atom stereocenters. The highest BCUT2D eigenvalue weighted by Crippen LogP contribution is 2.12. The van der Waals surface area contributed by atoms with Gasteiger partial charge in [0, 0.05) is 13.2 Å². The number of hydrogen-bond donors (Lipinski definition) is 1. The molecule has 0 spiro atoms. The van der Waals surface area contributed by atoms with Crippen molar-refractivity contribution in [1.29, 1.82) is 0 Å². The van der Waals surface area contributed by atoms with E-state index in [-0.39, 0.29) is 6.10 Å². The zero-order valence-electron chi connectivity index (χ0n) is 8.82. The highest BCUT2D eigenvalue weighted by Gasteiger charge is 2.15. The van der Waals surface area contributed by atoms with Gasteiger partial charge in [-0.1, -0.05) is 24.3 Å². The van der Waals surface area contributed by atoms with Crippen molar-refractivity contribution in [3.8, 4) is 0 Å². The van der Waals surface area contributed by atoms with Gasteiger partial charge in [-0.3, -0.25) is 0 Å². The predicted octanol–water partition coefficient (Wildman–Crippen LogP) is 1.45. The van der Waals surface area contributed by atoms with Crippen molar-refractivity contribution in [3.63, 3.8) is 0 Å². The number of benzene rings is 1. The van der Waals surface area contributed by atoms with E-state index < -0.39 is 0 Å². The van der Waals surface area contributed by atoms with Gasteiger partial charge in [0.1, 0.15) is 0 Å². The Labute approximate surface area is 90.2 Å². The average Bonchev–Trinajstić information content (AvgIpc) is 2.79. The third-order valence-electron chi connectivity index (χ3n) is 2.60. The van der Waals surface area contributed by atoms with Crippen LogP contribution in [0.3, 0.4) is 0 Å². The first-order valence-corrected chi connectivity index (χ1v) is 5.35. The van der Waals surface area contributed by atoms with Crippen molar-refractivity contribution >= 4 is 0 Å². The molecule has 1 heterocycles. The topological polar surface area (TPSA) is 44.5 Å². The maximum absolute atomic E-state index is 5.72. The van der Waals surface area contributed by atoms with E-state index in [1.165, 1.54) is 5.56 Å². The lowest BCUT2D eigenvalue weighted by Gasteiger charge is -2.10. The summed E-state index contributed by atoms with van der Waals surface area (Å²) in [6.07, 6.45) is 1.28. The predicted molar refractivity (Wildman–Crippen MR) is 58.3 cm³/mol. The van der Waals surface area contributed by atoms with Gasteiger partial charge in [-0.15, -0.1) is 0 Å². The zero-order valence-corrected chi connectivity index (χ0v) is 8.82. The fraction of sp³-hybridized carbons (Fsp3) is 0.500. The van der Waals surface area contributed by atoms with Crippen molar-refractivity contribution in [1.82, 2.24) is 0 Å². The first kappa shape index (κ1) is 10.6. The Bertz CT molecular complexity index is 308. The molecule has 0 saturated carbocycles. The molecule has 3 nitrogen and oxygen atoms in total. The van der Waals surface area contributed by atoms with Crippen LogP contribution in [0.15, 0.2) is 24.3 Å². The molecule has 1 aromatic rings. The van der Waals surface area contributed by atoms with E-state index in [2.05, 4.69) is 12.1 Å². The highest BCUT2D eigenvalue weighted by molar-refractivity contribution is 5.22. The molecule has 1 unspecified atom stereocenters. The third-order valence-corrected chi connectivity index (χ3v) is 2.60. The van der Waals surface area contributed by atoms with Gasteiger partial charge in [0.05, 0.1) is 19.3 Å². The fourth-order valence-corrected chi connectivity index (χ4v) is 1.70. The summed E-state index contributed by atoms with van der Waals surface area (Å²) in [6, 6.07) is 8.21. The largest absolute Gasteiger partial charge is 0.379 e. The van der Waals surface area contributed by atoms with Gasteiger partial charge in [-0.2, -0.15) is 0 Å². The van der Waals surface area contributed by atoms with Crippen LogP contribution in [0.5, 0.6) is 0 Å². The molecule has 2 rings (SSSR count). The second-order valence-electron chi connectivity index (χ2n) is 3.82. The van der Waals surface area contributed by atoms with Gasteiger partial charge in [-0.05, 0) is 17.5 Å². The summed E-state index contributed by atoms with van der Waals surface area (Å²) in [5.74, 6) is 0. The van der Waals surface area contributed by atoms with Crippen LogP contribution in [-0.4, -0.2) is 19.3 Å². The molecule has 0 radical (unpaired) electrons. The van der Waals surface area contributed by atoms with Crippen molar-refractivity contribution < 1.29 is 9.47 Å². The summed E-state index contributed by atoms with van der Waals surface area (Å²) < 4.78 is 11.0. The van der Waals surface area contributed by atoms with Crippen molar-refractivity contribution in [2.24, 2.45) is 5.73 Å². The molecular formula is C12H17NO2. The van der Waals surface area contributed by atoms with Crippen molar-refractivity contribution in [3.05, 3.63) is 35.4 Å². The molecule has 0 amide bonds. The molecule has 1 saturated heterocycles. The monoisotopic (exact) mass is 207 g/mol. The molecule has 1 fully saturated rings. The molecule has 2 N–H and O–H groups in total. The van der Waals surface area contributed by atoms with Crippen LogP contribution in [0, 0.1) is 0 Å². The normalized spacial score (nSPS) is 20.7. The molecule has 0 aliphatic carbocycles. The van der Waals surface area contributed by atoms with Crippen LogP contribution in [0.25, 0.3) is 0 Å². The summed E-state index contributed by atoms with van der Waals surface area (Å²) in [6.45, 7) is 2.80. The summed E-state index contributed by atoms with van der Waals surface area (Å²) >= 11 is 0. The minimum Gasteiger partial charge on any atom is -0.379 e. The lowest BCUT2D eigenvalue weighted by molar-refractivity contribution is 0.0317. The maximum atomic E-state index is 5.72. The zero-order chi connectivity index (χ0) is 10.5. The SMILES string of the molecule is NCc1cccc(COC2CCOC2)c1. The Balaban J connectivity index is 1.86. The van der Waals surface area contributed by atoms with E-state index in [0.717, 1.165) is 25.2 Å². The smallest absolute Gasteiger partial charge is 0.0834 e. The molecule has 82 valence electrons. The standard InChI is InChI=1S/C12H17NO2/c13-7-10-2-1-3-11(6-10)8-15-12-4-5-14-9-12/h1-3,6,12H,4-5,7-9,13H2. The van der Waals surface area contributed by atoms with E-state index in [1.807, 2.05) is 12.1 Å². The fourth-order valence-electron chi connectivity index (χ4n) is 1.70. The second-order valence-corrected chi connectivity index (χ2v) is 3.82. The van der Waals surface area contributed by atoms with Crippen molar-refractivity contribution in [2.75, 3.05) is 13.2 Å². The minimum atomic E-state index is 0.270. The molecule has 15 heavy (non-hydrogen) atoms.